The Hall–Kier alpha value is -1.09. The van der Waals surface area contributed by atoms with Crippen LogP contribution in [0.3, 0.4) is 0 Å². The summed E-state index contributed by atoms with van der Waals surface area (Å²) in [5, 5.41) is 2.17. The molecule has 2 aromatic rings. The van der Waals surface area contributed by atoms with Gasteiger partial charge in [-0.3, -0.25) is 0 Å². The van der Waals surface area contributed by atoms with Crippen LogP contribution >= 0.6 is 15.9 Å². The number of aryl methyl sites for hydroxylation is 1. The van der Waals surface area contributed by atoms with E-state index in [1.165, 1.54) is 5.56 Å². The number of nitrogens with zero attached hydrogens (tertiary/aromatic N) is 1. The van der Waals surface area contributed by atoms with E-state index in [1.807, 2.05) is 0 Å². The van der Waals surface area contributed by atoms with Gasteiger partial charge in [-0.05, 0) is 28.9 Å². The molecule has 14 heavy (non-hydrogen) atoms. The quantitative estimate of drug-likeness (QED) is 0.776. The predicted octanol–water partition coefficient (Wildman–Crippen LogP) is 3.31. The molecule has 0 bridgehead atoms. The molecule has 0 saturated carbocycles. The van der Waals surface area contributed by atoms with Crippen molar-refractivity contribution in [1.82, 2.24) is 4.98 Å². The lowest BCUT2D eigenvalue weighted by Gasteiger charge is -2.06. The zero-order chi connectivity index (χ0) is 10.1. The smallest absolute Gasteiger partial charge is 0.221 e. The van der Waals surface area contributed by atoms with Crippen molar-refractivity contribution < 1.29 is 4.74 Å². The van der Waals surface area contributed by atoms with Gasteiger partial charge in [-0.15, -0.1) is 0 Å². The van der Waals surface area contributed by atoms with Gasteiger partial charge in [0.05, 0.1) is 7.11 Å². The Morgan fingerprint density at radius 2 is 2.07 bits per heavy atom. The van der Waals surface area contributed by atoms with E-state index in [0.717, 1.165) is 15.2 Å². The van der Waals surface area contributed by atoms with Crippen molar-refractivity contribution in [3.05, 3.63) is 34.4 Å². The molecule has 0 aliphatic carbocycles. The van der Waals surface area contributed by atoms with Crippen LogP contribution in [0.5, 0.6) is 5.88 Å². The Bertz CT molecular complexity index is 482. The molecule has 0 spiro atoms. The number of benzene rings is 1. The fourth-order valence-electron chi connectivity index (χ4n) is 1.46. The Morgan fingerprint density at radius 3 is 2.79 bits per heavy atom. The third kappa shape index (κ3) is 1.48. The maximum Gasteiger partial charge on any atom is 0.221 e. The molecule has 0 atom stereocenters. The monoisotopic (exact) mass is 251 g/mol. The molecule has 0 aliphatic heterocycles. The number of hydrogen-bond acceptors (Lipinski definition) is 2. The number of pyridine rings is 1. The van der Waals surface area contributed by atoms with Crippen LogP contribution in [0.1, 0.15) is 5.56 Å². The van der Waals surface area contributed by atoms with Crippen molar-refractivity contribution >= 4 is 26.7 Å². The summed E-state index contributed by atoms with van der Waals surface area (Å²) < 4.78 is 6.20. The van der Waals surface area contributed by atoms with Gasteiger partial charge >= 0.3 is 0 Å². The molecule has 0 N–H and O–H groups in total. The summed E-state index contributed by atoms with van der Waals surface area (Å²) in [6.45, 7) is 2.06. The predicted molar refractivity (Wildman–Crippen MR) is 60.7 cm³/mol. The molecule has 3 heteroatoms. The number of ether oxygens (including phenoxy) is 1. The second-order valence-electron chi connectivity index (χ2n) is 3.16. The summed E-state index contributed by atoms with van der Waals surface area (Å²) in [4.78, 5) is 4.20. The Balaban J connectivity index is 2.85. The first-order valence-electron chi connectivity index (χ1n) is 4.31. The van der Waals surface area contributed by atoms with Crippen molar-refractivity contribution in [1.29, 1.82) is 0 Å². The van der Waals surface area contributed by atoms with Crippen LogP contribution in [0.2, 0.25) is 0 Å². The van der Waals surface area contributed by atoms with Gasteiger partial charge in [0, 0.05) is 21.4 Å². The molecule has 2 rings (SSSR count). The zero-order valence-corrected chi connectivity index (χ0v) is 9.63. The van der Waals surface area contributed by atoms with Gasteiger partial charge in [-0.2, -0.15) is 0 Å². The number of aromatic nitrogens is 1. The number of halogens is 1. The van der Waals surface area contributed by atoms with E-state index in [2.05, 4.69) is 46.0 Å². The lowest BCUT2D eigenvalue weighted by molar-refractivity contribution is 0.403. The number of rotatable bonds is 1. The average Bonchev–Trinajstić information content (AvgIpc) is 2.18. The van der Waals surface area contributed by atoms with E-state index in [0.29, 0.717) is 5.88 Å². The largest absolute Gasteiger partial charge is 0.481 e. The fourth-order valence-corrected chi connectivity index (χ4v) is 1.91. The molecule has 72 valence electrons. The molecule has 1 heterocycles. The van der Waals surface area contributed by atoms with Crippen molar-refractivity contribution in [2.24, 2.45) is 0 Å². The van der Waals surface area contributed by atoms with Crippen molar-refractivity contribution in [2.45, 2.75) is 6.92 Å². The third-order valence-electron chi connectivity index (χ3n) is 2.15. The first-order chi connectivity index (χ1) is 6.72. The van der Waals surface area contributed by atoms with Gasteiger partial charge < -0.3 is 4.74 Å². The highest BCUT2D eigenvalue weighted by molar-refractivity contribution is 9.10. The lowest BCUT2D eigenvalue weighted by Crippen LogP contribution is -1.89. The maximum atomic E-state index is 5.21. The van der Waals surface area contributed by atoms with E-state index in [4.69, 9.17) is 4.74 Å². The van der Waals surface area contributed by atoms with Crippen LogP contribution in [0.25, 0.3) is 10.8 Å². The normalized spacial score (nSPS) is 10.5. The second kappa shape index (κ2) is 3.58. The first kappa shape index (κ1) is 9.46. The Labute approximate surface area is 91.0 Å². The molecule has 1 aromatic heterocycles. The van der Waals surface area contributed by atoms with Crippen LogP contribution in [0, 0.1) is 6.92 Å². The van der Waals surface area contributed by atoms with Crippen LogP contribution in [-0.2, 0) is 0 Å². The molecule has 0 saturated heterocycles. The van der Waals surface area contributed by atoms with Gasteiger partial charge in [0.15, 0.2) is 0 Å². The van der Waals surface area contributed by atoms with E-state index in [1.54, 1.807) is 13.3 Å². The molecule has 1 aromatic carbocycles. The summed E-state index contributed by atoms with van der Waals surface area (Å²) >= 11 is 3.47. The van der Waals surface area contributed by atoms with Gasteiger partial charge in [-0.25, -0.2) is 4.98 Å². The minimum atomic E-state index is 0.673. The van der Waals surface area contributed by atoms with Crippen molar-refractivity contribution in [3.63, 3.8) is 0 Å². The topological polar surface area (TPSA) is 22.1 Å². The second-order valence-corrected chi connectivity index (χ2v) is 4.02. The molecular formula is C11H10BrNO. The molecule has 2 nitrogen and oxygen atoms in total. The third-order valence-corrected chi connectivity index (χ3v) is 2.78. The Morgan fingerprint density at radius 1 is 1.29 bits per heavy atom. The molecule has 0 unspecified atom stereocenters. The number of methoxy groups -OCH3 is 1. The average molecular weight is 252 g/mol. The SMILES string of the molecule is COc1ncc(Br)c2ccc(C)cc12. The fraction of sp³-hybridized carbons (Fsp3) is 0.182. The van der Waals surface area contributed by atoms with E-state index >= 15 is 0 Å². The van der Waals surface area contributed by atoms with Crippen molar-refractivity contribution in [2.75, 3.05) is 7.11 Å². The first-order valence-corrected chi connectivity index (χ1v) is 5.10. The van der Waals surface area contributed by atoms with E-state index < -0.39 is 0 Å². The van der Waals surface area contributed by atoms with Gasteiger partial charge in [0.25, 0.3) is 0 Å². The summed E-state index contributed by atoms with van der Waals surface area (Å²) in [5.41, 5.74) is 1.20. The Kier molecular flexibility index (Phi) is 2.42. The molecule has 0 fully saturated rings. The molecule has 0 amide bonds. The van der Waals surface area contributed by atoms with Crippen LogP contribution in [0.15, 0.2) is 28.9 Å². The van der Waals surface area contributed by atoms with Gasteiger partial charge in [-0.1, -0.05) is 17.7 Å². The number of hydrogen-bond donors (Lipinski definition) is 0. The standard InChI is InChI=1S/C11H10BrNO/c1-7-3-4-8-9(5-7)11(14-2)13-6-10(8)12/h3-6H,1-2H3. The number of fused-ring (bicyclic) bond motifs is 1. The van der Waals surface area contributed by atoms with Crippen LogP contribution in [-0.4, -0.2) is 12.1 Å². The maximum absolute atomic E-state index is 5.21. The molecular weight excluding hydrogens is 242 g/mol. The van der Waals surface area contributed by atoms with E-state index in [-0.39, 0.29) is 0 Å². The van der Waals surface area contributed by atoms with Gasteiger partial charge in [0.2, 0.25) is 5.88 Å². The summed E-state index contributed by atoms with van der Waals surface area (Å²) in [6, 6.07) is 6.22. The minimum Gasteiger partial charge on any atom is -0.481 e. The summed E-state index contributed by atoms with van der Waals surface area (Å²) in [5.74, 6) is 0.673. The summed E-state index contributed by atoms with van der Waals surface area (Å²) in [6.07, 6.45) is 1.76. The highest BCUT2D eigenvalue weighted by Crippen LogP contribution is 2.29. The van der Waals surface area contributed by atoms with E-state index in [9.17, 15) is 0 Å². The minimum absolute atomic E-state index is 0.673. The molecule has 0 aliphatic rings. The van der Waals surface area contributed by atoms with Crippen molar-refractivity contribution in [3.8, 4) is 5.88 Å². The van der Waals surface area contributed by atoms with Gasteiger partial charge in [0.1, 0.15) is 0 Å². The van der Waals surface area contributed by atoms with Crippen LogP contribution < -0.4 is 4.74 Å². The zero-order valence-electron chi connectivity index (χ0n) is 8.04. The van der Waals surface area contributed by atoms with Crippen LogP contribution in [0.4, 0.5) is 0 Å². The molecule has 0 radical (unpaired) electrons. The lowest BCUT2D eigenvalue weighted by atomic mass is 10.1. The highest BCUT2D eigenvalue weighted by atomic mass is 79.9. The highest BCUT2D eigenvalue weighted by Gasteiger charge is 2.05. The summed E-state index contributed by atoms with van der Waals surface area (Å²) in [7, 11) is 1.64.